The van der Waals surface area contributed by atoms with Gasteiger partial charge in [-0.15, -0.1) is 0 Å². The molecule has 0 amide bonds. The Morgan fingerprint density at radius 3 is 2.06 bits per heavy atom. The van der Waals surface area contributed by atoms with Crippen LogP contribution in [0.25, 0.3) is 11.1 Å². The van der Waals surface area contributed by atoms with Gasteiger partial charge in [0.05, 0.1) is 11.4 Å². The highest BCUT2D eigenvalue weighted by Gasteiger charge is 2.35. The van der Waals surface area contributed by atoms with Gasteiger partial charge in [0.25, 0.3) is 0 Å². The first-order valence-electron chi connectivity index (χ1n) is 10.2. The van der Waals surface area contributed by atoms with E-state index in [0.717, 1.165) is 26.6 Å². The molecule has 0 saturated carbocycles. The Balaban J connectivity index is 1.33. The van der Waals surface area contributed by atoms with E-state index in [1.165, 1.54) is 12.1 Å². The van der Waals surface area contributed by atoms with Crippen LogP contribution in [0.2, 0.25) is 0 Å². The molecule has 3 aromatic rings. The smallest absolute Gasteiger partial charge is 0.321 e. The van der Waals surface area contributed by atoms with Gasteiger partial charge in [-0.25, -0.2) is 8.42 Å². The van der Waals surface area contributed by atoms with Crippen molar-refractivity contribution in [3.63, 3.8) is 0 Å². The number of fused-ring (bicyclic) bond motifs is 3. The van der Waals surface area contributed by atoms with Gasteiger partial charge in [0.15, 0.2) is 12.7 Å². The Labute approximate surface area is 185 Å². The number of cyclic esters (lactones) is 1. The van der Waals surface area contributed by atoms with E-state index in [9.17, 15) is 13.2 Å². The molecular formula is C24H20N2O5S. The van der Waals surface area contributed by atoms with Crippen molar-refractivity contribution in [2.24, 2.45) is 5.16 Å². The monoisotopic (exact) mass is 448 g/mol. The summed E-state index contributed by atoms with van der Waals surface area (Å²) in [6.07, 6.45) is -0.758. The molecule has 8 heteroatoms. The second-order valence-corrected chi connectivity index (χ2v) is 9.49. The number of sulfonamides is 1. The molecule has 2 aliphatic rings. The third kappa shape index (κ3) is 3.68. The fraction of sp³-hybridized carbons (Fsp3) is 0.167. The quantitative estimate of drug-likeness (QED) is 0.346. The second-order valence-electron chi connectivity index (χ2n) is 7.55. The van der Waals surface area contributed by atoms with Gasteiger partial charge in [-0.05, 0) is 23.3 Å². The molecule has 1 heterocycles. The summed E-state index contributed by atoms with van der Waals surface area (Å²) < 4.78 is 32.2. The van der Waals surface area contributed by atoms with Crippen LogP contribution >= 0.6 is 0 Å². The molecule has 1 aliphatic heterocycles. The topological polar surface area (TPSA) is 85.3 Å². The number of benzene rings is 3. The minimum Gasteiger partial charge on any atom is -0.456 e. The molecule has 162 valence electrons. The van der Waals surface area contributed by atoms with E-state index in [1.54, 1.807) is 18.2 Å². The number of hydrogen-bond donors (Lipinski definition) is 0. The standard InChI is InChI=1S/C24H20N2O5S/c27-23-15-26(32(28,29)18-8-2-1-3-9-18)14-17(31-23)16-30-25-24-21-12-6-4-10-19(21)20-11-5-7-13-22(20)24/h1-13,17H,14-16H2. The summed E-state index contributed by atoms with van der Waals surface area (Å²) in [6.45, 7) is -0.385. The Morgan fingerprint density at radius 1 is 0.875 bits per heavy atom. The zero-order valence-electron chi connectivity index (χ0n) is 17.0. The molecule has 1 unspecified atom stereocenters. The maximum Gasteiger partial charge on any atom is 0.321 e. The molecule has 32 heavy (non-hydrogen) atoms. The van der Waals surface area contributed by atoms with Gasteiger partial charge >= 0.3 is 5.97 Å². The fourth-order valence-electron chi connectivity index (χ4n) is 3.98. The maximum absolute atomic E-state index is 12.9. The molecule has 1 aliphatic carbocycles. The number of carbonyl (C=O) groups is 1. The van der Waals surface area contributed by atoms with Crippen molar-refractivity contribution in [3.8, 4) is 11.1 Å². The third-order valence-corrected chi connectivity index (χ3v) is 7.29. The number of carbonyl (C=O) groups excluding carboxylic acids is 1. The lowest BCUT2D eigenvalue weighted by molar-refractivity contribution is -0.159. The minimum absolute atomic E-state index is 0.000987. The second kappa shape index (κ2) is 8.22. The van der Waals surface area contributed by atoms with Gasteiger partial charge in [0, 0.05) is 11.1 Å². The first-order chi connectivity index (χ1) is 15.5. The van der Waals surface area contributed by atoms with Crippen LogP contribution in [-0.2, 0) is 24.4 Å². The molecule has 0 aromatic heterocycles. The highest BCUT2D eigenvalue weighted by molar-refractivity contribution is 7.89. The summed E-state index contributed by atoms with van der Waals surface area (Å²) in [4.78, 5) is 17.8. The average molecular weight is 449 g/mol. The van der Waals surface area contributed by atoms with Crippen molar-refractivity contribution in [2.75, 3.05) is 19.7 Å². The van der Waals surface area contributed by atoms with E-state index in [0.29, 0.717) is 5.71 Å². The molecule has 1 atom stereocenters. The molecule has 0 radical (unpaired) electrons. The van der Waals surface area contributed by atoms with E-state index >= 15 is 0 Å². The lowest BCUT2D eigenvalue weighted by atomic mass is 10.1. The molecule has 1 fully saturated rings. The Kier molecular flexibility index (Phi) is 5.24. The zero-order chi connectivity index (χ0) is 22.1. The van der Waals surface area contributed by atoms with E-state index in [1.807, 2.05) is 48.5 Å². The Bertz CT molecular complexity index is 1260. The largest absolute Gasteiger partial charge is 0.456 e. The average Bonchev–Trinajstić information content (AvgIpc) is 3.13. The van der Waals surface area contributed by atoms with Crippen molar-refractivity contribution in [1.29, 1.82) is 0 Å². The zero-order valence-corrected chi connectivity index (χ0v) is 17.9. The van der Waals surface area contributed by atoms with E-state index in [4.69, 9.17) is 9.57 Å². The first-order valence-corrected chi connectivity index (χ1v) is 11.6. The Hall–Kier alpha value is -3.49. The number of rotatable bonds is 5. The first kappa shape index (κ1) is 20.4. The van der Waals surface area contributed by atoms with Crippen molar-refractivity contribution in [2.45, 2.75) is 11.0 Å². The van der Waals surface area contributed by atoms with E-state index in [-0.39, 0.29) is 24.6 Å². The number of hydrogen-bond acceptors (Lipinski definition) is 6. The van der Waals surface area contributed by atoms with Crippen LogP contribution in [0.1, 0.15) is 11.1 Å². The van der Waals surface area contributed by atoms with Gasteiger partial charge in [-0.2, -0.15) is 4.31 Å². The summed E-state index contributed by atoms with van der Waals surface area (Å²) in [7, 11) is -3.81. The number of morpholine rings is 1. The van der Waals surface area contributed by atoms with Gasteiger partial charge in [0.1, 0.15) is 12.3 Å². The molecule has 0 bridgehead atoms. The number of nitrogens with zero attached hydrogens (tertiary/aromatic N) is 2. The predicted molar refractivity (Wildman–Crippen MR) is 119 cm³/mol. The Morgan fingerprint density at radius 2 is 1.44 bits per heavy atom. The molecular weight excluding hydrogens is 428 g/mol. The molecule has 0 spiro atoms. The lowest BCUT2D eigenvalue weighted by Crippen LogP contribution is -2.49. The highest BCUT2D eigenvalue weighted by Crippen LogP contribution is 2.36. The van der Waals surface area contributed by atoms with Crippen LogP contribution in [0.3, 0.4) is 0 Å². The van der Waals surface area contributed by atoms with Gasteiger partial charge < -0.3 is 9.57 Å². The lowest BCUT2D eigenvalue weighted by Gasteiger charge is -2.30. The summed E-state index contributed by atoms with van der Waals surface area (Å²) >= 11 is 0. The number of oxime groups is 1. The summed E-state index contributed by atoms with van der Waals surface area (Å²) in [5.41, 5.74) is 4.78. The van der Waals surface area contributed by atoms with Crippen molar-refractivity contribution >= 4 is 21.7 Å². The number of ether oxygens (including phenoxy) is 1. The summed E-state index contributed by atoms with van der Waals surface area (Å²) in [5, 5.41) is 4.33. The van der Waals surface area contributed by atoms with E-state index < -0.39 is 22.1 Å². The molecule has 0 N–H and O–H groups in total. The van der Waals surface area contributed by atoms with E-state index in [2.05, 4.69) is 5.16 Å². The molecule has 3 aromatic carbocycles. The van der Waals surface area contributed by atoms with Crippen LogP contribution in [0.4, 0.5) is 0 Å². The highest BCUT2D eigenvalue weighted by atomic mass is 32.2. The number of esters is 1. The predicted octanol–water partition coefficient (Wildman–Crippen LogP) is 3.05. The van der Waals surface area contributed by atoms with Gasteiger partial charge in [-0.1, -0.05) is 71.9 Å². The molecule has 7 nitrogen and oxygen atoms in total. The van der Waals surface area contributed by atoms with Crippen LogP contribution in [0.15, 0.2) is 88.9 Å². The molecule has 5 rings (SSSR count). The summed E-state index contributed by atoms with van der Waals surface area (Å²) in [5.74, 6) is -0.617. The van der Waals surface area contributed by atoms with Crippen LogP contribution in [-0.4, -0.2) is 50.2 Å². The van der Waals surface area contributed by atoms with Crippen LogP contribution in [0, 0.1) is 0 Å². The van der Waals surface area contributed by atoms with Crippen LogP contribution < -0.4 is 0 Å². The minimum atomic E-state index is -3.81. The fourth-order valence-corrected chi connectivity index (χ4v) is 5.42. The van der Waals surface area contributed by atoms with Crippen molar-refractivity contribution in [1.82, 2.24) is 4.31 Å². The van der Waals surface area contributed by atoms with Gasteiger partial charge in [0.2, 0.25) is 10.0 Å². The summed E-state index contributed by atoms with van der Waals surface area (Å²) in [6, 6.07) is 23.9. The van der Waals surface area contributed by atoms with Crippen molar-refractivity contribution < 1.29 is 22.8 Å². The van der Waals surface area contributed by atoms with Gasteiger partial charge in [-0.3, -0.25) is 4.79 Å². The maximum atomic E-state index is 12.9. The third-order valence-electron chi connectivity index (χ3n) is 5.46. The molecule has 1 saturated heterocycles. The van der Waals surface area contributed by atoms with Crippen molar-refractivity contribution in [3.05, 3.63) is 90.0 Å². The normalized spacial score (nSPS) is 17.9. The SMILES string of the molecule is O=C1CN(S(=O)(=O)c2ccccc2)CC(CON=C2c3ccccc3-c3ccccc32)O1. The van der Waals surface area contributed by atoms with Crippen LogP contribution in [0.5, 0.6) is 0 Å².